The van der Waals surface area contributed by atoms with E-state index in [0.717, 1.165) is 24.3 Å². The van der Waals surface area contributed by atoms with Gasteiger partial charge in [-0.1, -0.05) is 5.16 Å². The molecule has 2 aromatic rings. The maximum atomic E-state index is 13.3. The quantitative estimate of drug-likeness (QED) is 0.196. The number of hydrogen-bond donors (Lipinski definition) is 2. The van der Waals surface area contributed by atoms with Gasteiger partial charge in [-0.15, -0.1) is 11.3 Å². The second-order valence-electron chi connectivity index (χ2n) is 12.9. The third-order valence-corrected chi connectivity index (χ3v) is 9.57. The van der Waals surface area contributed by atoms with E-state index in [1.165, 1.54) is 11.3 Å². The van der Waals surface area contributed by atoms with Crippen LogP contribution < -0.4 is 21.1 Å². The summed E-state index contributed by atoms with van der Waals surface area (Å²) in [5, 5.41) is 14.0. The minimum atomic E-state index is -1.08. The molecule has 15 heteroatoms. The summed E-state index contributed by atoms with van der Waals surface area (Å²) >= 11 is 1.32. The first kappa shape index (κ1) is 32.2. The normalized spacial score (nSPS) is 22.2. The lowest BCUT2D eigenvalue weighted by atomic mass is 9.83. The molecule has 1 amide bonds. The number of piperazine rings is 1. The van der Waals surface area contributed by atoms with E-state index in [2.05, 4.69) is 33.1 Å². The largest absolute Gasteiger partial charge is 0.462 e. The highest BCUT2D eigenvalue weighted by atomic mass is 32.1. The van der Waals surface area contributed by atoms with Crippen LogP contribution in [0, 0.1) is 11.3 Å². The molecule has 1 aliphatic carbocycles. The standard InChI is InChI=1S/C30H41N9O5S/c1-29(2,3)43-28(41)39-13-11-38(12-14-39)22-15-20(34-27(35-22)42-17-18-7-6-10-37(18)5)24(32)36-44-26(40)30(4)9-8-21-23(30)19(16-31)25(33)45-21/h15,18H,6-14,17,33H2,1-5H3,(H2,32,36)/t18-,30?/m0/s1. The van der Waals surface area contributed by atoms with Crippen LogP contribution in [0.4, 0.5) is 15.6 Å². The molecule has 0 bridgehead atoms. The molecule has 2 aliphatic heterocycles. The number of likely N-dealkylation sites (N-methyl/N-ethyl adjacent to an activating group) is 1. The Morgan fingerprint density at radius 2 is 1.96 bits per heavy atom. The SMILES string of the molecule is CN1CCC[C@H]1COc1nc(/C(N)=N/OC(=O)C2(C)CCc3sc(N)c(C#N)c32)cc(N2CCN(C(=O)OC(C)(C)C)CC2)n1. The van der Waals surface area contributed by atoms with Crippen molar-refractivity contribution in [3.05, 3.63) is 27.8 Å². The van der Waals surface area contributed by atoms with Gasteiger partial charge in [0, 0.05) is 48.7 Å². The van der Waals surface area contributed by atoms with Gasteiger partial charge in [-0.2, -0.15) is 15.2 Å². The number of oxime groups is 1. The molecule has 14 nitrogen and oxygen atoms in total. The summed E-state index contributed by atoms with van der Waals surface area (Å²) < 4.78 is 11.6. The van der Waals surface area contributed by atoms with E-state index >= 15 is 0 Å². The Labute approximate surface area is 266 Å². The summed E-state index contributed by atoms with van der Waals surface area (Å²) in [7, 11) is 2.06. The first-order valence-electron chi connectivity index (χ1n) is 15.1. The van der Waals surface area contributed by atoms with Gasteiger partial charge in [-0.3, -0.25) is 0 Å². The fourth-order valence-electron chi connectivity index (χ4n) is 5.87. The minimum absolute atomic E-state index is 0.127. The molecule has 4 N–H and O–H groups in total. The van der Waals surface area contributed by atoms with Crippen LogP contribution in [0.3, 0.4) is 0 Å². The Bertz CT molecular complexity index is 1520. The number of aryl methyl sites for hydroxylation is 1. The summed E-state index contributed by atoms with van der Waals surface area (Å²) in [5.74, 6) is -0.218. The Hall–Kier alpha value is -4.16. The number of aromatic nitrogens is 2. The minimum Gasteiger partial charge on any atom is -0.462 e. The highest BCUT2D eigenvalue weighted by Gasteiger charge is 2.47. The van der Waals surface area contributed by atoms with Crippen molar-refractivity contribution >= 4 is 40.1 Å². The average Bonchev–Trinajstić information content (AvgIpc) is 3.67. The predicted octanol–water partition coefficient (Wildman–Crippen LogP) is 2.59. The molecule has 1 unspecified atom stereocenters. The second kappa shape index (κ2) is 12.7. The number of ether oxygens (including phenoxy) is 2. The lowest BCUT2D eigenvalue weighted by Gasteiger charge is -2.36. The van der Waals surface area contributed by atoms with Gasteiger partial charge >= 0.3 is 18.1 Å². The fourth-order valence-corrected chi connectivity index (χ4v) is 7.02. The summed E-state index contributed by atoms with van der Waals surface area (Å²) in [5.41, 5.74) is 11.8. The topological polar surface area (TPSA) is 186 Å². The van der Waals surface area contributed by atoms with Crippen molar-refractivity contribution in [2.24, 2.45) is 10.9 Å². The van der Waals surface area contributed by atoms with E-state index in [-0.39, 0.29) is 29.7 Å². The number of thiophene rings is 1. The first-order chi connectivity index (χ1) is 21.3. The molecule has 0 radical (unpaired) electrons. The van der Waals surface area contributed by atoms with Crippen molar-refractivity contribution < 1.29 is 23.9 Å². The summed E-state index contributed by atoms with van der Waals surface area (Å²) in [6.45, 7) is 10.5. The summed E-state index contributed by atoms with van der Waals surface area (Å²) in [4.78, 5) is 47.2. The second-order valence-corrected chi connectivity index (χ2v) is 14.0. The molecule has 5 rings (SSSR count). The molecule has 2 saturated heterocycles. The number of amides is 1. The van der Waals surface area contributed by atoms with Crippen LogP contribution in [0.2, 0.25) is 0 Å². The molecule has 45 heavy (non-hydrogen) atoms. The fraction of sp³-hybridized carbons (Fsp3) is 0.600. The van der Waals surface area contributed by atoms with E-state index in [0.29, 0.717) is 67.6 Å². The Kier molecular flexibility index (Phi) is 9.09. The number of amidine groups is 1. The molecule has 0 spiro atoms. The van der Waals surface area contributed by atoms with Crippen molar-refractivity contribution in [1.82, 2.24) is 19.8 Å². The highest BCUT2D eigenvalue weighted by Crippen LogP contribution is 2.47. The van der Waals surface area contributed by atoms with Gasteiger partial charge in [0.2, 0.25) is 0 Å². The number of likely N-dealkylation sites (tertiary alicyclic amines) is 1. The van der Waals surface area contributed by atoms with Gasteiger partial charge in [-0.25, -0.2) is 9.59 Å². The van der Waals surface area contributed by atoms with Crippen molar-refractivity contribution in [3.63, 3.8) is 0 Å². The third-order valence-electron chi connectivity index (χ3n) is 8.49. The zero-order valence-electron chi connectivity index (χ0n) is 26.5. The average molecular weight is 640 g/mol. The van der Waals surface area contributed by atoms with Gasteiger partial charge in [0.25, 0.3) is 0 Å². The van der Waals surface area contributed by atoms with Gasteiger partial charge in [0.05, 0.1) is 11.0 Å². The molecular formula is C30H41N9O5S. The molecule has 2 atom stereocenters. The summed E-state index contributed by atoms with van der Waals surface area (Å²) in [6, 6.07) is 4.15. The van der Waals surface area contributed by atoms with Crippen LogP contribution in [-0.4, -0.2) is 95.7 Å². The Balaban J connectivity index is 1.34. The van der Waals surface area contributed by atoms with E-state index in [1.807, 2.05) is 25.7 Å². The first-order valence-corrected chi connectivity index (χ1v) is 15.9. The molecule has 0 saturated carbocycles. The van der Waals surface area contributed by atoms with Gasteiger partial charge in [-0.05, 0) is 67.0 Å². The van der Waals surface area contributed by atoms with Crippen LogP contribution in [0.1, 0.15) is 68.7 Å². The Morgan fingerprint density at radius 1 is 1.22 bits per heavy atom. The van der Waals surface area contributed by atoms with Crippen molar-refractivity contribution in [1.29, 1.82) is 5.26 Å². The van der Waals surface area contributed by atoms with Crippen molar-refractivity contribution in [3.8, 4) is 12.1 Å². The number of carbonyl (C=O) groups excluding carboxylic acids is 2. The molecule has 242 valence electrons. The number of nitrogens with zero attached hydrogens (tertiary/aromatic N) is 7. The zero-order chi connectivity index (χ0) is 32.5. The van der Waals surface area contributed by atoms with E-state index < -0.39 is 17.0 Å². The molecule has 4 heterocycles. The number of carbonyl (C=O) groups is 2. The van der Waals surface area contributed by atoms with Crippen molar-refractivity contribution in [2.45, 2.75) is 70.4 Å². The lowest BCUT2D eigenvalue weighted by Crippen LogP contribution is -2.50. The van der Waals surface area contributed by atoms with Crippen LogP contribution in [-0.2, 0) is 26.2 Å². The number of nitrogen functional groups attached to an aromatic ring is 1. The number of nitriles is 1. The number of hydrogen-bond acceptors (Lipinski definition) is 13. The van der Waals surface area contributed by atoms with Gasteiger partial charge in [0.1, 0.15) is 34.8 Å². The zero-order valence-corrected chi connectivity index (χ0v) is 27.3. The molecule has 3 aliphatic rings. The van der Waals surface area contributed by atoms with Crippen LogP contribution in [0.5, 0.6) is 6.01 Å². The number of anilines is 2. The molecule has 2 fully saturated rings. The van der Waals surface area contributed by atoms with E-state index in [9.17, 15) is 14.9 Å². The molecule has 0 aromatic carbocycles. The van der Waals surface area contributed by atoms with E-state index in [4.69, 9.17) is 25.8 Å². The molecular weight excluding hydrogens is 598 g/mol. The van der Waals surface area contributed by atoms with Crippen molar-refractivity contribution in [2.75, 3.05) is 57.0 Å². The van der Waals surface area contributed by atoms with Gasteiger partial charge in [0.15, 0.2) is 5.84 Å². The maximum Gasteiger partial charge on any atom is 0.410 e. The van der Waals surface area contributed by atoms with Crippen LogP contribution in [0.15, 0.2) is 11.2 Å². The number of fused-ring (bicyclic) bond motifs is 1. The maximum absolute atomic E-state index is 13.3. The monoisotopic (exact) mass is 639 g/mol. The summed E-state index contributed by atoms with van der Waals surface area (Å²) in [6.07, 6.45) is 2.84. The lowest BCUT2D eigenvalue weighted by molar-refractivity contribution is -0.150. The van der Waals surface area contributed by atoms with Crippen LogP contribution >= 0.6 is 11.3 Å². The Morgan fingerprint density at radius 3 is 2.60 bits per heavy atom. The predicted molar refractivity (Wildman–Crippen MR) is 169 cm³/mol. The number of rotatable bonds is 7. The number of nitrogens with two attached hydrogens (primary N) is 2. The third kappa shape index (κ3) is 6.91. The van der Waals surface area contributed by atoms with Crippen LogP contribution in [0.25, 0.3) is 0 Å². The van der Waals surface area contributed by atoms with Gasteiger partial charge < -0.3 is 40.5 Å². The molecule has 2 aromatic heterocycles. The smallest absolute Gasteiger partial charge is 0.410 e. The highest BCUT2D eigenvalue weighted by molar-refractivity contribution is 7.16. The van der Waals surface area contributed by atoms with E-state index in [1.54, 1.807) is 17.9 Å².